The summed E-state index contributed by atoms with van der Waals surface area (Å²) < 4.78 is 45.2. The second-order valence-electron chi connectivity index (χ2n) is 6.32. The van der Waals surface area contributed by atoms with E-state index in [0.29, 0.717) is 12.3 Å². The van der Waals surface area contributed by atoms with Crippen molar-refractivity contribution in [2.24, 2.45) is 0 Å². The Morgan fingerprint density at radius 3 is 2.45 bits per heavy atom. The van der Waals surface area contributed by atoms with Crippen molar-refractivity contribution < 1.29 is 17.9 Å². The zero-order chi connectivity index (χ0) is 15.6. The molecular formula is C13H23F3N2OSi. The van der Waals surface area contributed by atoms with Crippen LogP contribution in [-0.2, 0) is 11.5 Å². The van der Waals surface area contributed by atoms with Crippen molar-refractivity contribution in [2.75, 3.05) is 6.61 Å². The lowest BCUT2D eigenvalue weighted by atomic mass is 10.1. The van der Waals surface area contributed by atoms with Gasteiger partial charge < -0.3 is 4.74 Å². The predicted octanol–water partition coefficient (Wildman–Crippen LogP) is 4.17. The molecule has 1 unspecified atom stereocenters. The molecule has 0 aromatic carbocycles. The van der Waals surface area contributed by atoms with Crippen LogP contribution in [0.5, 0.6) is 0 Å². The second-order valence-corrected chi connectivity index (χ2v) is 11.9. The molecule has 1 heterocycles. The maximum atomic E-state index is 12.8. The molecule has 0 saturated heterocycles. The monoisotopic (exact) mass is 308 g/mol. The molecule has 0 amide bonds. The maximum Gasteiger partial charge on any atom is 0.396 e. The standard InChI is InChI=1S/C13H23F3N2OSi/c1-10-8-12(11(2)13(14,15)16)18(17-10)9-19-6-7-20(3,4)5/h8,11H,6-7,9H2,1-5H3. The topological polar surface area (TPSA) is 27.1 Å². The fraction of sp³-hybridized carbons (Fsp3) is 0.769. The van der Waals surface area contributed by atoms with Crippen molar-refractivity contribution in [1.29, 1.82) is 0 Å². The minimum Gasteiger partial charge on any atom is -0.360 e. The Hall–Kier alpha value is -0.823. The summed E-state index contributed by atoms with van der Waals surface area (Å²) in [6.07, 6.45) is -4.26. The van der Waals surface area contributed by atoms with Gasteiger partial charge in [0.15, 0.2) is 0 Å². The number of hydrogen-bond donors (Lipinski definition) is 0. The molecular weight excluding hydrogens is 285 g/mol. The van der Waals surface area contributed by atoms with Gasteiger partial charge in [-0.05, 0) is 26.0 Å². The number of ether oxygens (including phenoxy) is 1. The van der Waals surface area contributed by atoms with Crippen molar-refractivity contribution in [3.63, 3.8) is 0 Å². The van der Waals surface area contributed by atoms with E-state index in [1.54, 1.807) is 6.92 Å². The van der Waals surface area contributed by atoms with Gasteiger partial charge in [-0.2, -0.15) is 18.3 Å². The molecule has 0 bridgehead atoms. The average Bonchev–Trinajstić information content (AvgIpc) is 2.62. The molecule has 0 spiro atoms. The summed E-state index contributed by atoms with van der Waals surface area (Å²) in [4.78, 5) is 0. The van der Waals surface area contributed by atoms with Gasteiger partial charge in [0.25, 0.3) is 0 Å². The Labute approximate surface area is 119 Å². The molecule has 3 nitrogen and oxygen atoms in total. The molecule has 0 N–H and O–H groups in total. The number of aromatic nitrogens is 2. The van der Waals surface area contributed by atoms with E-state index in [-0.39, 0.29) is 12.4 Å². The van der Waals surface area contributed by atoms with Gasteiger partial charge in [0.2, 0.25) is 0 Å². The lowest BCUT2D eigenvalue weighted by Crippen LogP contribution is -2.24. The predicted molar refractivity (Wildman–Crippen MR) is 75.5 cm³/mol. The minimum absolute atomic E-state index is 0.0775. The molecule has 0 fully saturated rings. The first kappa shape index (κ1) is 17.2. The van der Waals surface area contributed by atoms with Gasteiger partial charge in [0.05, 0.1) is 17.3 Å². The largest absolute Gasteiger partial charge is 0.396 e. The number of halogens is 3. The van der Waals surface area contributed by atoms with Gasteiger partial charge in [-0.25, -0.2) is 4.68 Å². The summed E-state index contributed by atoms with van der Waals surface area (Å²) in [6, 6.07) is 2.46. The molecule has 1 rings (SSSR count). The fourth-order valence-electron chi connectivity index (χ4n) is 1.71. The van der Waals surface area contributed by atoms with Crippen LogP contribution in [0.25, 0.3) is 0 Å². The lowest BCUT2D eigenvalue weighted by molar-refractivity contribution is -0.148. The molecule has 0 aliphatic carbocycles. The van der Waals surface area contributed by atoms with Gasteiger partial charge in [-0.1, -0.05) is 19.6 Å². The Morgan fingerprint density at radius 1 is 1.35 bits per heavy atom. The number of hydrogen-bond acceptors (Lipinski definition) is 2. The summed E-state index contributed by atoms with van der Waals surface area (Å²) in [6.45, 7) is 10.2. The Morgan fingerprint density at radius 2 is 1.95 bits per heavy atom. The number of nitrogens with zero attached hydrogens (tertiary/aromatic N) is 2. The van der Waals surface area contributed by atoms with Gasteiger partial charge in [-0.3, -0.25) is 0 Å². The molecule has 116 valence electrons. The van der Waals surface area contributed by atoms with Gasteiger partial charge in [0, 0.05) is 14.7 Å². The van der Waals surface area contributed by atoms with Crippen LogP contribution in [0.15, 0.2) is 6.07 Å². The van der Waals surface area contributed by atoms with E-state index in [9.17, 15) is 13.2 Å². The van der Waals surface area contributed by atoms with Crippen molar-refractivity contribution in [3.05, 3.63) is 17.5 Å². The highest BCUT2D eigenvalue weighted by molar-refractivity contribution is 6.76. The third kappa shape index (κ3) is 5.28. The number of alkyl halides is 3. The van der Waals surface area contributed by atoms with E-state index in [2.05, 4.69) is 24.7 Å². The third-order valence-corrected chi connectivity index (χ3v) is 4.78. The van der Waals surface area contributed by atoms with Gasteiger partial charge in [0.1, 0.15) is 6.73 Å². The zero-order valence-corrected chi connectivity index (χ0v) is 13.7. The van der Waals surface area contributed by atoms with Gasteiger partial charge in [-0.15, -0.1) is 0 Å². The highest BCUT2D eigenvalue weighted by Gasteiger charge is 2.39. The maximum absolute atomic E-state index is 12.8. The summed E-state index contributed by atoms with van der Waals surface area (Å²) in [7, 11) is -1.19. The van der Waals surface area contributed by atoms with E-state index in [1.165, 1.54) is 10.7 Å². The second kappa shape index (κ2) is 6.30. The van der Waals surface area contributed by atoms with E-state index >= 15 is 0 Å². The first-order valence-electron chi connectivity index (χ1n) is 6.69. The quantitative estimate of drug-likeness (QED) is 0.582. The zero-order valence-electron chi connectivity index (χ0n) is 12.7. The van der Waals surface area contributed by atoms with Crippen LogP contribution >= 0.6 is 0 Å². The normalized spacial score (nSPS) is 14.6. The fourth-order valence-corrected chi connectivity index (χ4v) is 2.47. The van der Waals surface area contributed by atoms with E-state index in [0.717, 1.165) is 13.0 Å². The summed E-state index contributed by atoms with van der Waals surface area (Å²) in [5.41, 5.74) is 0.730. The van der Waals surface area contributed by atoms with Crippen LogP contribution in [0.3, 0.4) is 0 Å². The van der Waals surface area contributed by atoms with Crippen LogP contribution in [0.1, 0.15) is 24.2 Å². The van der Waals surface area contributed by atoms with Crippen molar-refractivity contribution in [3.8, 4) is 0 Å². The Kier molecular flexibility index (Phi) is 5.43. The molecule has 1 aromatic heterocycles. The van der Waals surface area contributed by atoms with Crippen LogP contribution in [-0.4, -0.2) is 30.6 Å². The van der Waals surface area contributed by atoms with Crippen molar-refractivity contribution >= 4 is 8.07 Å². The molecule has 0 aliphatic heterocycles. The van der Waals surface area contributed by atoms with E-state index in [1.807, 2.05) is 0 Å². The SMILES string of the molecule is Cc1cc(C(C)C(F)(F)F)n(COCC[Si](C)(C)C)n1. The molecule has 1 aromatic rings. The van der Waals surface area contributed by atoms with Crippen molar-refractivity contribution in [1.82, 2.24) is 9.78 Å². The van der Waals surface area contributed by atoms with E-state index < -0.39 is 20.2 Å². The smallest absolute Gasteiger partial charge is 0.360 e. The molecule has 0 saturated carbocycles. The summed E-state index contributed by atoms with van der Waals surface area (Å²) >= 11 is 0. The third-order valence-electron chi connectivity index (χ3n) is 3.08. The summed E-state index contributed by atoms with van der Waals surface area (Å²) in [5.74, 6) is -1.54. The van der Waals surface area contributed by atoms with Crippen LogP contribution in [0.4, 0.5) is 13.2 Å². The summed E-state index contributed by atoms with van der Waals surface area (Å²) in [5, 5.41) is 4.08. The number of rotatable bonds is 6. The van der Waals surface area contributed by atoms with Crippen LogP contribution < -0.4 is 0 Å². The van der Waals surface area contributed by atoms with Crippen LogP contribution in [0.2, 0.25) is 25.7 Å². The highest BCUT2D eigenvalue weighted by atomic mass is 28.3. The molecule has 20 heavy (non-hydrogen) atoms. The van der Waals surface area contributed by atoms with Crippen LogP contribution in [0, 0.1) is 6.92 Å². The average molecular weight is 308 g/mol. The molecule has 1 atom stereocenters. The number of aryl methyl sites for hydroxylation is 1. The van der Waals surface area contributed by atoms with Crippen molar-refractivity contribution in [2.45, 2.75) is 58.4 Å². The first-order chi connectivity index (χ1) is 9.00. The lowest BCUT2D eigenvalue weighted by Gasteiger charge is -2.18. The van der Waals surface area contributed by atoms with E-state index in [4.69, 9.17) is 4.74 Å². The Bertz CT molecular complexity index is 438. The minimum atomic E-state index is -4.26. The van der Waals surface area contributed by atoms with Gasteiger partial charge >= 0.3 is 6.18 Å². The Balaban J connectivity index is 2.67. The molecule has 7 heteroatoms. The first-order valence-corrected chi connectivity index (χ1v) is 10.4. The highest BCUT2D eigenvalue weighted by Crippen LogP contribution is 2.34. The molecule has 0 aliphatic rings. The molecule has 0 radical (unpaired) electrons.